The normalized spacial score (nSPS) is 28.3. The van der Waals surface area contributed by atoms with Crippen LogP contribution in [0.5, 0.6) is 0 Å². The first-order chi connectivity index (χ1) is 8.19. The van der Waals surface area contributed by atoms with Gasteiger partial charge in [0.05, 0.1) is 0 Å². The Hall–Kier alpha value is -1.24. The minimum Gasteiger partial charge on any atom is -0.365 e. The third-order valence-electron chi connectivity index (χ3n) is 4.42. The summed E-state index contributed by atoms with van der Waals surface area (Å²) < 4.78 is 0. The first-order valence-corrected chi connectivity index (χ1v) is 6.71. The van der Waals surface area contributed by atoms with Crippen LogP contribution in [0.1, 0.15) is 38.2 Å². The molecule has 2 aliphatic rings. The van der Waals surface area contributed by atoms with Gasteiger partial charge in [0.15, 0.2) is 0 Å². The van der Waals surface area contributed by atoms with Crippen LogP contribution in [0.2, 0.25) is 0 Å². The van der Waals surface area contributed by atoms with Crippen LogP contribution in [0.25, 0.3) is 0 Å². The summed E-state index contributed by atoms with van der Waals surface area (Å²) in [6.45, 7) is 7.77. The fourth-order valence-corrected chi connectivity index (χ4v) is 3.54. The topological polar surface area (TPSA) is 3.24 Å². The Kier molecular flexibility index (Phi) is 2.50. The Balaban J connectivity index is 2.05. The van der Waals surface area contributed by atoms with Crippen LogP contribution in [0.15, 0.2) is 36.4 Å². The maximum atomic E-state index is 4.21. The summed E-state index contributed by atoms with van der Waals surface area (Å²) in [5.74, 6) is 0. The molecule has 3 rings (SSSR count). The number of hydrogen-bond donors (Lipinski definition) is 0. The second-order valence-electron chi connectivity index (χ2n) is 5.81. The highest BCUT2D eigenvalue weighted by atomic mass is 15.2. The number of aryl methyl sites for hydroxylation is 1. The summed E-state index contributed by atoms with van der Waals surface area (Å²) in [5.41, 5.74) is 4.74. The van der Waals surface area contributed by atoms with E-state index in [1.807, 2.05) is 0 Å². The Labute approximate surface area is 104 Å². The van der Waals surface area contributed by atoms with Crippen molar-refractivity contribution in [2.45, 2.75) is 44.6 Å². The highest BCUT2D eigenvalue weighted by Crippen LogP contribution is 2.41. The second-order valence-corrected chi connectivity index (χ2v) is 5.81. The summed E-state index contributed by atoms with van der Waals surface area (Å²) in [7, 11) is 0. The molecular formula is C16H21N. The van der Waals surface area contributed by atoms with Crippen LogP contribution >= 0.6 is 0 Å². The summed E-state index contributed by atoms with van der Waals surface area (Å²) in [4.78, 5) is 2.64. The van der Waals surface area contributed by atoms with Crippen molar-refractivity contribution in [2.24, 2.45) is 0 Å². The van der Waals surface area contributed by atoms with Crippen molar-refractivity contribution in [2.75, 3.05) is 11.4 Å². The van der Waals surface area contributed by atoms with E-state index >= 15 is 0 Å². The van der Waals surface area contributed by atoms with E-state index in [1.165, 1.54) is 42.5 Å². The Morgan fingerprint density at radius 1 is 1.24 bits per heavy atom. The van der Waals surface area contributed by atoms with E-state index < -0.39 is 0 Å². The van der Waals surface area contributed by atoms with Crippen molar-refractivity contribution < 1.29 is 0 Å². The van der Waals surface area contributed by atoms with E-state index in [0.717, 1.165) is 13.0 Å². The number of rotatable bonds is 0. The molecule has 0 spiro atoms. The molecule has 1 fully saturated rings. The van der Waals surface area contributed by atoms with Crippen molar-refractivity contribution in [3.63, 3.8) is 0 Å². The third-order valence-corrected chi connectivity index (χ3v) is 4.42. The van der Waals surface area contributed by atoms with Gasteiger partial charge >= 0.3 is 0 Å². The molecule has 1 nitrogen and oxygen atoms in total. The van der Waals surface area contributed by atoms with E-state index in [0.29, 0.717) is 5.54 Å². The predicted molar refractivity (Wildman–Crippen MR) is 73.5 cm³/mol. The Morgan fingerprint density at radius 2 is 2.06 bits per heavy atom. The van der Waals surface area contributed by atoms with Gasteiger partial charge in [0.25, 0.3) is 0 Å². The highest BCUT2D eigenvalue weighted by Gasteiger charge is 2.37. The van der Waals surface area contributed by atoms with Crippen molar-refractivity contribution in [1.82, 2.24) is 0 Å². The molecule has 1 unspecified atom stereocenters. The summed E-state index contributed by atoms with van der Waals surface area (Å²) in [6.07, 6.45) is 6.15. The average Bonchev–Trinajstić information content (AvgIpc) is 2.43. The van der Waals surface area contributed by atoms with Gasteiger partial charge < -0.3 is 4.90 Å². The van der Waals surface area contributed by atoms with Gasteiger partial charge in [-0.2, -0.15) is 0 Å². The minimum atomic E-state index is 0.307. The predicted octanol–water partition coefficient (Wildman–Crippen LogP) is 3.94. The van der Waals surface area contributed by atoms with Crippen molar-refractivity contribution >= 4 is 5.69 Å². The smallest absolute Gasteiger partial charge is 0.0411 e. The SMILES string of the molecule is C=C1CCN2c3ccccc3CCCC2(C)C1. The molecule has 17 heavy (non-hydrogen) atoms. The molecule has 0 bridgehead atoms. The molecule has 0 N–H and O–H groups in total. The zero-order valence-corrected chi connectivity index (χ0v) is 10.7. The maximum absolute atomic E-state index is 4.21. The average molecular weight is 227 g/mol. The number of para-hydroxylation sites is 1. The molecule has 1 heteroatoms. The number of hydrogen-bond acceptors (Lipinski definition) is 1. The summed E-state index contributed by atoms with van der Waals surface area (Å²) in [5, 5.41) is 0. The van der Waals surface area contributed by atoms with E-state index in [-0.39, 0.29) is 0 Å². The number of anilines is 1. The van der Waals surface area contributed by atoms with E-state index in [4.69, 9.17) is 0 Å². The van der Waals surface area contributed by atoms with Crippen LogP contribution < -0.4 is 4.90 Å². The van der Waals surface area contributed by atoms with Crippen molar-refractivity contribution in [3.05, 3.63) is 42.0 Å². The molecule has 90 valence electrons. The standard InChI is InChI=1S/C16H21N/c1-13-9-11-17-15-8-4-3-6-14(15)7-5-10-16(17,2)12-13/h3-4,6,8H,1,5,7,9-12H2,2H3. The molecule has 2 heterocycles. The summed E-state index contributed by atoms with van der Waals surface area (Å²) >= 11 is 0. The van der Waals surface area contributed by atoms with Gasteiger partial charge in [0, 0.05) is 17.8 Å². The number of benzene rings is 1. The largest absolute Gasteiger partial charge is 0.365 e. The lowest BCUT2D eigenvalue weighted by atomic mass is 9.82. The Morgan fingerprint density at radius 3 is 2.94 bits per heavy atom. The minimum absolute atomic E-state index is 0.307. The number of nitrogens with zero attached hydrogens (tertiary/aromatic N) is 1. The molecule has 1 aromatic rings. The summed E-state index contributed by atoms with van der Waals surface area (Å²) in [6, 6.07) is 8.94. The molecule has 0 amide bonds. The van der Waals surface area contributed by atoms with Gasteiger partial charge in [-0.25, -0.2) is 0 Å². The van der Waals surface area contributed by atoms with Crippen LogP contribution in [0, 0.1) is 0 Å². The molecule has 1 aromatic carbocycles. The van der Waals surface area contributed by atoms with E-state index in [1.54, 1.807) is 0 Å². The molecular weight excluding hydrogens is 206 g/mol. The van der Waals surface area contributed by atoms with Crippen LogP contribution in [-0.2, 0) is 6.42 Å². The highest BCUT2D eigenvalue weighted by molar-refractivity contribution is 5.57. The zero-order valence-electron chi connectivity index (χ0n) is 10.7. The molecule has 0 aliphatic carbocycles. The third kappa shape index (κ3) is 1.78. The van der Waals surface area contributed by atoms with Gasteiger partial charge in [-0.15, -0.1) is 0 Å². The van der Waals surface area contributed by atoms with Crippen molar-refractivity contribution in [3.8, 4) is 0 Å². The molecule has 1 atom stereocenters. The second kappa shape index (κ2) is 3.90. The fourth-order valence-electron chi connectivity index (χ4n) is 3.54. The monoisotopic (exact) mass is 227 g/mol. The van der Waals surface area contributed by atoms with Crippen molar-refractivity contribution in [1.29, 1.82) is 0 Å². The fraction of sp³-hybridized carbons (Fsp3) is 0.500. The van der Waals surface area contributed by atoms with Gasteiger partial charge in [-0.3, -0.25) is 0 Å². The molecule has 0 aromatic heterocycles. The van der Waals surface area contributed by atoms with E-state index in [2.05, 4.69) is 42.7 Å². The van der Waals surface area contributed by atoms with Gasteiger partial charge in [-0.05, 0) is 50.7 Å². The molecule has 2 aliphatic heterocycles. The first-order valence-electron chi connectivity index (χ1n) is 6.71. The maximum Gasteiger partial charge on any atom is 0.0411 e. The Bertz CT molecular complexity index is 449. The van der Waals surface area contributed by atoms with Gasteiger partial charge in [0.2, 0.25) is 0 Å². The lowest BCUT2D eigenvalue weighted by Crippen LogP contribution is -2.50. The van der Waals surface area contributed by atoms with Crippen LogP contribution in [0.4, 0.5) is 5.69 Å². The molecule has 0 saturated carbocycles. The van der Waals surface area contributed by atoms with E-state index in [9.17, 15) is 0 Å². The lowest BCUT2D eigenvalue weighted by molar-refractivity contribution is 0.358. The zero-order chi connectivity index (χ0) is 11.9. The first kappa shape index (κ1) is 10.9. The number of piperidine rings is 1. The van der Waals surface area contributed by atoms with Gasteiger partial charge in [0.1, 0.15) is 0 Å². The van der Waals surface area contributed by atoms with Crippen LogP contribution in [0.3, 0.4) is 0 Å². The molecule has 0 radical (unpaired) electrons. The lowest BCUT2D eigenvalue weighted by Gasteiger charge is -2.47. The van der Waals surface area contributed by atoms with Crippen LogP contribution in [-0.4, -0.2) is 12.1 Å². The number of fused-ring (bicyclic) bond motifs is 3. The molecule has 1 saturated heterocycles. The van der Waals surface area contributed by atoms with Gasteiger partial charge in [-0.1, -0.05) is 30.4 Å². The quantitative estimate of drug-likeness (QED) is 0.607.